The van der Waals surface area contributed by atoms with Crippen LogP contribution in [-0.2, 0) is 4.79 Å². The maximum atomic E-state index is 11.9. The molecule has 0 radical (unpaired) electrons. The molecule has 0 fully saturated rings. The van der Waals surface area contributed by atoms with Gasteiger partial charge in [-0.1, -0.05) is 35.9 Å². The Bertz CT molecular complexity index is 640. The Morgan fingerprint density at radius 3 is 2.71 bits per heavy atom. The molecule has 2 rings (SSSR count). The molecule has 0 aromatic heterocycles. The Balaban J connectivity index is 1.85. The second-order valence-electron chi connectivity index (χ2n) is 4.90. The van der Waals surface area contributed by atoms with Gasteiger partial charge in [-0.15, -0.1) is 0 Å². The lowest BCUT2D eigenvalue weighted by Crippen LogP contribution is -2.15. The predicted molar refractivity (Wildman–Crippen MR) is 86.1 cm³/mol. The summed E-state index contributed by atoms with van der Waals surface area (Å²) in [6.45, 7) is 4.33. The zero-order valence-electron chi connectivity index (χ0n) is 12.2. The van der Waals surface area contributed by atoms with Gasteiger partial charge in [-0.05, 0) is 43.2 Å². The van der Waals surface area contributed by atoms with E-state index in [0.717, 1.165) is 16.9 Å². The van der Waals surface area contributed by atoms with Crippen molar-refractivity contribution < 1.29 is 9.53 Å². The standard InChI is InChI=1S/C17H18ClNO2/c1-12-7-8-13(2)16(11-12)21-10-9-17(20)19-15-6-4-3-5-14(15)18/h3-8,11H,9-10H2,1-2H3,(H,19,20). The minimum absolute atomic E-state index is 0.117. The highest BCUT2D eigenvalue weighted by Gasteiger charge is 2.06. The largest absolute Gasteiger partial charge is 0.493 e. The average Bonchev–Trinajstić information content (AvgIpc) is 2.45. The number of ether oxygens (including phenoxy) is 1. The SMILES string of the molecule is Cc1ccc(C)c(OCCC(=O)Nc2ccccc2Cl)c1. The Morgan fingerprint density at radius 1 is 1.19 bits per heavy atom. The Kier molecular flexibility index (Phi) is 5.23. The lowest BCUT2D eigenvalue weighted by molar-refractivity contribution is -0.116. The van der Waals surface area contributed by atoms with E-state index in [1.54, 1.807) is 12.1 Å². The van der Waals surface area contributed by atoms with Gasteiger partial charge in [0.2, 0.25) is 5.91 Å². The molecule has 0 saturated heterocycles. The lowest BCUT2D eigenvalue weighted by atomic mass is 10.1. The van der Waals surface area contributed by atoms with Crippen LogP contribution in [0.1, 0.15) is 17.5 Å². The van der Waals surface area contributed by atoms with Gasteiger partial charge in [0, 0.05) is 0 Å². The Hall–Kier alpha value is -2.00. The first-order chi connectivity index (χ1) is 10.1. The monoisotopic (exact) mass is 303 g/mol. The number of hydrogen-bond donors (Lipinski definition) is 1. The summed E-state index contributed by atoms with van der Waals surface area (Å²) in [5.74, 6) is 0.703. The molecular formula is C17H18ClNO2. The van der Waals surface area contributed by atoms with E-state index in [0.29, 0.717) is 17.3 Å². The molecule has 0 spiro atoms. The molecule has 0 aliphatic rings. The summed E-state index contributed by atoms with van der Waals surface area (Å²) in [5.41, 5.74) is 2.82. The molecular weight excluding hydrogens is 286 g/mol. The van der Waals surface area contributed by atoms with Crippen molar-refractivity contribution in [2.45, 2.75) is 20.3 Å². The number of benzene rings is 2. The van der Waals surface area contributed by atoms with Crippen molar-refractivity contribution in [1.29, 1.82) is 0 Å². The van der Waals surface area contributed by atoms with Gasteiger partial charge in [0.25, 0.3) is 0 Å². The van der Waals surface area contributed by atoms with Crippen molar-refractivity contribution in [1.82, 2.24) is 0 Å². The number of carbonyl (C=O) groups excluding carboxylic acids is 1. The van der Waals surface area contributed by atoms with Crippen LogP contribution in [0.25, 0.3) is 0 Å². The first-order valence-corrected chi connectivity index (χ1v) is 7.18. The van der Waals surface area contributed by atoms with Gasteiger partial charge < -0.3 is 10.1 Å². The van der Waals surface area contributed by atoms with Gasteiger partial charge in [-0.3, -0.25) is 4.79 Å². The molecule has 1 amide bonds. The first-order valence-electron chi connectivity index (χ1n) is 6.80. The second kappa shape index (κ2) is 7.14. The number of aryl methyl sites for hydroxylation is 2. The smallest absolute Gasteiger partial charge is 0.227 e. The van der Waals surface area contributed by atoms with Crippen molar-refractivity contribution in [2.75, 3.05) is 11.9 Å². The van der Waals surface area contributed by atoms with Crippen molar-refractivity contribution in [3.63, 3.8) is 0 Å². The van der Waals surface area contributed by atoms with Crippen molar-refractivity contribution in [3.05, 3.63) is 58.6 Å². The number of amides is 1. The summed E-state index contributed by atoms with van der Waals surface area (Å²) < 4.78 is 5.66. The summed E-state index contributed by atoms with van der Waals surface area (Å²) in [6, 6.07) is 13.2. The third-order valence-electron chi connectivity index (χ3n) is 3.08. The van der Waals surface area contributed by atoms with Crippen LogP contribution in [0.4, 0.5) is 5.69 Å². The third kappa shape index (κ3) is 4.50. The third-order valence-corrected chi connectivity index (χ3v) is 3.41. The first kappa shape index (κ1) is 15.4. The van der Waals surface area contributed by atoms with Crippen LogP contribution >= 0.6 is 11.6 Å². The van der Waals surface area contributed by atoms with Gasteiger partial charge in [0.05, 0.1) is 23.7 Å². The highest BCUT2D eigenvalue weighted by Crippen LogP contribution is 2.21. The molecule has 0 bridgehead atoms. The van der Waals surface area contributed by atoms with Crippen LogP contribution in [0.2, 0.25) is 5.02 Å². The molecule has 1 N–H and O–H groups in total. The number of nitrogens with one attached hydrogen (secondary N) is 1. The zero-order chi connectivity index (χ0) is 15.2. The fourth-order valence-corrected chi connectivity index (χ4v) is 2.07. The number of hydrogen-bond acceptors (Lipinski definition) is 2. The highest BCUT2D eigenvalue weighted by molar-refractivity contribution is 6.33. The Labute approximate surface area is 129 Å². The van der Waals surface area contributed by atoms with Crippen molar-refractivity contribution >= 4 is 23.2 Å². The summed E-state index contributed by atoms with van der Waals surface area (Å²) in [7, 11) is 0. The second-order valence-corrected chi connectivity index (χ2v) is 5.30. The summed E-state index contributed by atoms with van der Waals surface area (Å²) in [5, 5.41) is 3.30. The normalized spacial score (nSPS) is 10.2. The van der Waals surface area contributed by atoms with E-state index in [2.05, 4.69) is 5.32 Å². The molecule has 4 heteroatoms. The molecule has 110 valence electrons. The van der Waals surface area contributed by atoms with Gasteiger partial charge in [-0.2, -0.15) is 0 Å². The average molecular weight is 304 g/mol. The van der Waals surface area contributed by atoms with Crippen LogP contribution < -0.4 is 10.1 Å². The molecule has 2 aromatic carbocycles. The van der Waals surface area contributed by atoms with E-state index in [9.17, 15) is 4.79 Å². The van der Waals surface area contributed by atoms with E-state index >= 15 is 0 Å². The minimum Gasteiger partial charge on any atom is -0.493 e. The molecule has 2 aromatic rings. The van der Waals surface area contributed by atoms with Gasteiger partial charge in [0.1, 0.15) is 5.75 Å². The summed E-state index contributed by atoms with van der Waals surface area (Å²) >= 11 is 5.99. The highest BCUT2D eigenvalue weighted by atomic mass is 35.5. The van der Waals surface area contributed by atoms with Crippen LogP contribution in [0.5, 0.6) is 5.75 Å². The van der Waals surface area contributed by atoms with E-state index < -0.39 is 0 Å². The molecule has 0 atom stereocenters. The molecule has 3 nitrogen and oxygen atoms in total. The van der Waals surface area contributed by atoms with E-state index in [1.165, 1.54) is 0 Å². The molecule has 0 unspecified atom stereocenters. The number of anilines is 1. The number of rotatable bonds is 5. The molecule has 21 heavy (non-hydrogen) atoms. The molecule has 0 aliphatic heterocycles. The minimum atomic E-state index is -0.117. The number of carbonyl (C=O) groups is 1. The summed E-state index contributed by atoms with van der Waals surface area (Å²) in [6.07, 6.45) is 0.276. The van der Waals surface area contributed by atoms with Gasteiger partial charge in [0.15, 0.2) is 0 Å². The topological polar surface area (TPSA) is 38.3 Å². The zero-order valence-corrected chi connectivity index (χ0v) is 12.9. The van der Waals surface area contributed by atoms with E-state index in [-0.39, 0.29) is 12.3 Å². The van der Waals surface area contributed by atoms with Crippen molar-refractivity contribution in [2.24, 2.45) is 0 Å². The maximum Gasteiger partial charge on any atom is 0.227 e. The fourth-order valence-electron chi connectivity index (χ4n) is 1.89. The van der Waals surface area contributed by atoms with Crippen LogP contribution in [0.15, 0.2) is 42.5 Å². The Morgan fingerprint density at radius 2 is 1.95 bits per heavy atom. The quantitative estimate of drug-likeness (QED) is 0.891. The van der Waals surface area contributed by atoms with Crippen LogP contribution in [-0.4, -0.2) is 12.5 Å². The van der Waals surface area contributed by atoms with E-state index in [4.69, 9.17) is 16.3 Å². The molecule has 0 saturated carbocycles. The molecule has 0 aliphatic carbocycles. The van der Waals surface area contributed by atoms with Gasteiger partial charge in [-0.25, -0.2) is 0 Å². The lowest BCUT2D eigenvalue weighted by Gasteiger charge is -2.10. The maximum absolute atomic E-state index is 11.9. The number of halogens is 1. The predicted octanol–water partition coefficient (Wildman–Crippen LogP) is 4.36. The fraction of sp³-hybridized carbons (Fsp3) is 0.235. The van der Waals surface area contributed by atoms with Gasteiger partial charge >= 0.3 is 0 Å². The van der Waals surface area contributed by atoms with Crippen LogP contribution in [0.3, 0.4) is 0 Å². The van der Waals surface area contributed by atoms with Crippen LogP contribution in [0, 0.1) is 13.8 Å². The summed E-state index contributed by atoms with van der Waals surface area (Å²) in [4.78, 5) is 11.9. The molecule has 0 heterocycles. The van der Waals surface area contributed by atoms with Crippen molar-refractivity contribution in [3.8, 4) is 5.75 Å². The number of para-hydroxylation sites is 1. The van der Waals surface area contributed by atoms with E-state index in [1.807, 2.05) is 44.2 Å².